The maximum Gasteiger partial charge on any atom is 0.276 e. The predicted molar refractivity (Wildman–Crippen MR) is 118 cm³/mol. The smallest absolute Gasteiger partial charge is 0.276 e. The summed E-state index contributed by atoms with van der Waals surface area (Å²) in [4.78, 5) is 27.1. The molecule has 0 bridgehead atoms. The molecule has 1 aromatic heterocycles. The first-order valence-corrected chi connectivity index (χ1v) is 10.6. The van der Waals surface area contributed by atoms with E-state index in [1.807, 2.05) is 56.3 Å². The van der Waals surface area contributed by atoms with Gasteiger partial charge in [-0.1, -0.05) is 29.0 Å². The van der Waals surface area contributed by atoms with Crippen molar-refractivity contribution in [1.82, 2.24) is 25.2 Å². The summed E-state index contributed by atoms with van der Waals surface area (Å²) in [5, 5.41) is 11.3. The highest BCUT2D eigenvalue weighted by Crippen LogP contribution is 2.16. The van der Waals surface area contributed by atoms with Crippen LogP contribution in [0.25, 0.3) is 5.69 Å². The number of hydrogen-bond donors (Lipinski definition) is 1. The van der Waals surface area contributed by atoms with E-state index in [-0.39, 0.29) is 17.9 Å². The molecule has 0 atom stereocenters. The third kappa shape index (κ3) is 4.66. The Labute approximate surface area is 182 Å². The number of nitrogens with one attached hydrogen (secondary N) is 1. The van der Waals surface area contributed by atoms with Gasteiger partial charge in [-0.25, -0.2) is 4.68 Å². The van der Waals surface area contributed by atoms with E-state index in [0.717, 1.165) is 16.8 Å². The van der Waals surface area contributed by atoms with Crippen LogP contribution in [0.15, 0.2) is 48.7 Å². The molecule has 160 valence electrons. The van der Waals surface area contributed by atoms with Crippen LogP contribution in [0.2, 0.25) is 0 Å². The number of aromatic nitrogens is 3. The van der Waals surface area contributed by atoms with E-state index >= 15 is 0 Å². The lowest BCUT2D eigenvalue weighted by Crippen LogP contribution is -2.46. The largest absolute Gasteiger partial charge is 0.349 e. The van der Waals surface area contributed by atoms with Crippen molar-refractivity contribution in [2.24, 2.45) is 0 Å². The first-order chi connectivity index (χ1) is 14.9. The molecule has 7 nitrogen and oxygen atoms in total. The Kier molecular flexibility index (Phi) is 5.84. The van der Waals surface area contributed by atoms with Gasteiger partial charge in [-0.2, -0.15) is 0 Å². The second-order valence-electron chi connectivity index (χ2n) is 8.23. The maximum atomic E-state index is 12.9. The van der Waals surface area contributed by atoms with Crippen LogP contribution in [0.3, 0.4) is 0 Å². The van der Waals surface area contributed by atoms with E-state index in [1.165, 1.54) is 5.56 Å². The fourth-order valence-corrected chi connectivity index (χ4v) is 3.80. The molecule has 3 aromatic rings. The molecule has 1 saturated heterocycles. The van der Waals surface area contributed by atoms with Crippen molar-refractivity contribution in [2.75, 3.05) is 13.1 Å². The third-order valence-electron chi connectivity index (χ3n) is 5.87. The molecular weight excluding hydrogens is 390 g/mol. The SMILES string of the molecule is Cc1cccc(C(=O)NC2CCN(C(=O)c3cn(-c4ccc(C)c(C)c4)nn3)CC2)c1. The fourth-order valence-electron chi connectivity index (χ4n) is 3.80. The Bertz CT molecular complexity index is 1110. The number of likely N-dealkylation sites (tertiary alicyclic amines) is 1. The van der Waals surface area contributed by atoms with Crippen molar-refractivity contribution in [3.05, 3.63) is 76.6 Å². The number of nitrogens with zero attached hydrogens (tertiary/aromatic N) is 4. The molecule has 2 amide bonds. The molecule has 1 aliphatic rings. The number of hydrogen-bond acceptors (Lipinski definition) is 4. The second-order valence-corrected chi connectivity index (χ2v) is 8.23. The number of rotatable bonds is 4. The molecular formula is C24H27N5O2. The van der Waals surface area contributed by atoms with Crippen molar-refractivity contribution in [3.8, 4) is 5.69 Å². The van der Waals surface area contributed by atoms with E-state index in [2.05, 4.69) is 22.6 Å². The third-order valence-corrected chi connectivity index (χ3v) is 5.87. The van der Waals surface area contributed by atoms with Gasteiger partial charge in [0.15, 0.2) is 5.69 Å². The number of piperidine rings is 1. The number of carbonyl (C=O) groups is 2. The standard InChI is InChI=1S/C24H27N5O2/c1-16-5-4-6-19(13-16)23(30)25-20-9-11-28(12-10-20)24(31)22-15-29(27-26-22)21-8-7-17(2)18(3)14-21/h4-8,13-15,20H,9-12H2,1-3H3,(H,25,30). The van der Waals surface area contributed by atoms with Crippen molar-refractivity contribution < 1.29 is 9.59 Å². The second kappa shape index (κ2) is 8.71. The van der Waals surface area contributed by atoms with E-state index in [4.69, 9.17) is 0 Å². The zero-order valence-corrected chi connectivity index (χ0v) is 18.1. The summed E-state index contributed by atoms with van der Waals surface area (Å²) in [7, 11) is 0. The van der Waals surface area contributed by atoms with Crippen LogP contribution < -0.4 is 5.32 Å². The fraction of sp³-hybridized carbons (Fsp3) is 0.333. The van der Waals surface area contributed by atoms with Gasteiger partial charge in [-0.15, -0.1) is 5.10 Å². The van der Waals surface area contributed by atoms with Crippen molar-refractivity contribution in [1.29, 1.82) is 0 Å². The Balaban J connectivity index is 1.35. The zero-order chi connectivity index (χ0) is 22.0. The molecule has 4 rings (SSSR count). The Hall–Kier alpha value is -3.48. The first-order valence-electron chi connectivity index (χ1n) is 10.6. The Morgan fingerprint density at radius 1 is 1.00 bits per heavy atom. The highest BCUT2D eigenvalue weighted by molar-refractivity contribution is 5.94. The van der Waals surface area contributed by atoms with Gasteiger partial charge >= 0.3 is 0 Å². The van der Waals surface area contributed by atoms with Gasteiger partial charge < -0.3 is 10.2 Å². The molecule has 1 fully saturated rings. The summed E-state index contributed by atoms with van der Waals surface area (Å²) in [6.45, 7) is 7.23. The lowest BCUT2D eigenvalue weighted by Gasteiger charge is -2.31. The molecule has 7 heteroatoms. The minimum atomic E-state index is -0.126. The van der Waals surface area contributed by atoms with E-state index in [9.17, 15) is 9.59 Å². The highest BCUT2D eigenvalue weighted by Gasteiger charge is 2.26. The molecule has 0 radical (unpaired) electrons. The predicted octanol–water partition coefficient (Wildman–Crippen LogP) is 3.23. The molecule has 31 heavy (non-hydrogen) atoms. The van der Waals surface area contributed by atoms with Crippen molar-refractivity contribution in [3.63, 3.8) is 0 Å². The monoisotopic (exact) mass is 417 g/mol. The van der Waals surface area contributed by atoms with Gasteiger partial charge in [-0.05, 0) is 69.0 Å². The quantitative estimate of drug-likeness (QED) is 0.707. The number of carbonyl (C=O) groups excluding carboxylic acids is 2. The van der Waals surface area contributed by atoms with Crippen LogP contribution >= 0.6 is 0 Å². The molecule has 0 aliphatic carbocycles. The van der Waals surface area contributed by atoms with Crippen molar-refractivity contribution >= 4 is 11.8 Å². The zero-order valence-electron chi connectivity index (χ0n) is 18.1. The number of aryl methyl sites for hydroxylation is 3. The average Bonchev–Trinajstić information content (AvgIpc) is 3.26. The van der Waals surface area contributed by atoms with Crippen molar-refractivity contribution in [2.45, 2.75) is 39.7 Å². The summed E-state index contributed by atoms with van der Waals surface area (Å²) in [6, 6.07) is 13.6. The molecule has 0 unspecified atom stereocenters. The van der Waals surface area contributed by atoms with Crippen LogP contribution in [0.5, 0.6) is 0 Å². The minimum Gasteiger partial charge on any atom is -0.349 e. The molecule has 1 N–H and O–H groups in total. The maximum absolute atomic E-state index is 12.9. The lowest BCUT2D eigenvalue weighted by molar-refractivity contribution is 0.0692. The number of benzene rings is 2. The van der Waals surface area contributed by atoms with Gasteiger partial charge in [-0.3, -0.25) is 9.59 Å². The van der Waals surface area contributed by atoms with Crippen LogP contribution in [0, 0.1) is 20.8 Å². The van der Waals surface area contributed by atoms with Gasteiger partial charge in [0.05, 0.1) is 11.9 Å². The van der Waals surface area contributed by atoms with Crippen LogP contribution in [-0.2, 0) is 0 Å². The summed E-state index contributed by atoms with van der Waals surface area (Å²) >= 11 is 0. The summed E-state index contributed by atoms with van der Waals surface area (Å²) in [5.74, 6) is -0.191. The van der Waals surface area contributed by atoms with Crippen LogP contribution in [0.1, 0.15) is 50.4 Å². The summed E-state index contributed by atoms with van der Waals surface area (Å²) < 4.78 is 1.63. The van der Waals surface area contributed by atoms with Gasteiger partial charge in [0.1, 0.15) is 0 Å². The topological polar surface area (TPSA) is 80.1 Å². The van der Waals surface area contributed by atoms with E-state index in [0.29, 0.717) is 37.2 Å². The molecule has 1 aliphatic heterocycles. The van der Waals surface area contributed by atoms with Crippen LogP contribution in [-0.4, -0.2) is 50.8 Å². The average molecular weight is 418 g/mol. The highest BCUT2D eigenvalue weighted by atomic mass is 16.2. The van der Waals surface area contributed by atoms with Gasteiger partial charge in [0, 0.05) is 24.7 Å². The molecule has 0 spiro atoms. The van der Waals surface area contributed by atoms with Gasteiger partial charge in [0.25, 0.3) is 11.8 Å². The molecule has 0 saturated carbocycles. The Morgan fingerprint density at radius 2 is 1.77 bits per heavy atom. The normalized spacial score (nSPS) is 14.5. The molecule has 2 heterocycles. The summed E-state index contributed by atoms with van der Waals surface area (Å²) in [6.07, 6.45) is 3.11. The number of amides is 2. The summed E-state index contributed by atoms with van der Waals surface area (Å²) in [5.41, 5.74) is 5.31. The minimum absolute atomic E-state index is 0.0586. The first kappa shape index (κ1) is 20.8. The molecule has 2 aromatic carbocycles. The lowest BCUT2D eigenvalue weighted by atomic mass is 10.0. The van der Waals surface area contributed by atoms with Gasteiger partial charge in [0.2, 0.25) is 0 Å². The van der Waals surface area contributed by atoms with Crippen LogP contribution in [0.4, 0.5) is 0 Å². The van der Waals surface area contributed by atoms with E-state index in [1.54, 1.807) is 15.8 Å². The van der Waals surface area contributed by atoms with E-state index < -0.39 is 0 Å². The Morgan fingerprint density at radius 3 is 2.48 bits per heavy atom.